The highest BCUT2D eigenvalue weighted by Gasteiger charge is 2.11. The molecule has 0 heterocycles. The Labute approximate surface area is 100 Å². The molecule has 1 aromatic rings. The Kier molecular flexibility index (Phi) is 6.58. The van der Waals surface area contributed by atoms with Crippen LogP contribution in [0.5, 0.6) is 0 Å². The first-order valence-corrected chi connectivity index (χ1v) is 5.16. The smallest absolute Gasteiger partial charge is 0.290 e. The Balaban J connectivity index is 0.000000770. The van der Waals surface area contributed by atoms with Gasteiger partial charge in [0.05, 0.1) is 0 Å². The second kappa shape index (κ2) is 7.40. The molecule has 0 aliphatic rings. The summed E-state index contributed by atoms with van der Waals surface area (Å²) in [4.78, 5) is 19.9. The average molecular weight is 238 g/mol. The predicted molar refractivity (Wildman–Crippen MR) is 67.0 cm³/mol. The van der Waals surface area contributed by atoms with Gasteiger partial charge in [-0.25, -0.2) is 0 Å². The molecule has 5 nitrogen and oxygen atoms in total. The zero-order valence-corrected chi connectivity index (χ0v) is 10.1. The van der Waals surface area contributed by atoms with E-state index in [4.69, 9.17) is 21.4 Å². The number of aryl methyl sites for hydroxylation is 1. The molecular weight excluding hydrogens is 220 g/mol. The summed E-state index contributed by atoms with van der Waals surface area (Å²) >= 11 is 0. The largest absolute Gasteiger partial charge is 0.483 e. The Morgan fingerprint density at radius 3 is 2.41 bits per heavy atom. The van der Waals surface area contributed by atoms with Crippen LogP contribution in [0.3, 0.4) is 0 Å². The molecule has 1 aromatic carbocycles. The van der Waals surface area contributed by atoms with Gasteiger partial charge < -0.3 is 16.6 Å². The molecule has 0 saturated carbocycles. The fourth-order valence-electron chi connectivity index (χ4n) is 1.35. The lowest BCUT2D eigenvalue weighted by Crippen LogP contribution is -2.11. The predicted octanol–water partition coefficient (Wildman–Crippen LogP) is 1.12. The van der Waals surface area contributed by atoms with E-state index in [9.17, 15) is 4.79 Å². The van der Waals surface area contributed by atoms with Crippen LogP contribution >= 0.6 is 0 Å². The van der Waals surface area contributed by atoms with E-state index in [1.54, 1.807) is 6.07 Å². The van der Waals surface area contributed by atoms with Crippen LogP contribution in [0.15, 0.2) is 12.1 Å². The third kappa shape index (κ3) is 4.24. The minimum absolute atomic E-state index is 0.0214. The van der Waals surface area contributed by atoms with Crippen LogP contribution in [-0.4, -0.2) is 23.9 Å². The molecule has 0 amide bonds. The maximum Gasteiger partial charge on any atom is 0.290 e. The number of Topliss-reactive ketones (excluding diaryl/α,β-unsaturated/α-hetero) is 1. The number of carbonyl (C=O) groups is 2. The number of anilines is 1. The van der Waals surface area contributed by atoms with Crippen molar-refractivity contribution in [3.8, 4) is 0 Å². The first kappa shape index (κ1) is 15.1. The topological polar surface area (TPSA) is 106 Å². The van der Waals surface area contributed by atoms with Crippen molar-refractivity contribution in [2.45, 2.75) is 20.3 Å². The van der Waals surface area contributed by atoms with Gasteiger partial charge in [-0.15, -0.1) is 0 Å². The van der Waals surface area contributed by atoms with Gasteiger partial charge in [0.1, 0.15) is 0 Å². The van der Waals surface area contributed by atoms with Crippen molar-refractivity contribution < 1.29 is 14.7 Å². The minimum Gasteiger partial charge on any atom is -0.483 e. The summed E-state index contributed by atoms with van der Waals surface area (Å²) in [5, 5.41) is 6.89. The maximum atomic E-state index is 11.6. The van der Waals surface area contributed by atoms with Crippen LogP contribution in [0.4, 0.5) is 5.69 Å². The van der Waals surface area contributed by atoms with Crippen LogP contribution in [0, 0.1) is 13.8 Å². The highest BCUT2D eigenvalue weighted by molar-refractivity contribution is 6.01. The summed E-state index contributed by atoms with van der Waals surface area (Å²) in [6.07, 6.45) is 0.354. The number of hydrogen-bond donors (Lipinski definition) is 3. The summed E-state index contributed by atoms with van der Waals surface area (Å²) in [6.45, 7) is 4.01. The van der Waals surface area contributed by atoms with E-state index in [-0.39, 0.29) is 12.3 Å². The van der Waals surface area contributed by atoms with E-state index >= 15 is 0 Å². The minimum atomic E-state index is -0.250. The van der Waals surface area contributed by atoms with Gasteiger partial charge in [0.25, 0.3) is 6.47 Å². The number of hydrogen-bond acceptors (Lipinski definition) is 4. The van der Waals surface area contributed by atoms with Crippen molar-refractivity contribution in [2.24, 2.45) is 5.73 Å². The maximum absolute atomic E-state index is 11.6. The van der Waals surface area contributed by atoms with E-state index in [2.05, 4.69) is 0 Å². The Hall–Kier alpha value is -1.88. The van der Waals surface area contributed by atoms with Gasteiger partial charge in [-0.3, -0.25) is 9.59 Å². The molecule has 5 N–H and O–H groups in total. The molecule has 0 spiro atoms. The molecule has 1 rings (SSSR count). The zero-order valence-electron chi connectivity index (χ0n) is 10.1. The van der Waals surface area contributed by atoms with Crippen molar-refractivity contribution in [3.63, 3.8) is 0 Å². The van der Waals surface area contributed by atoms with Crippen LogP contribution in [0.25, 0.3) is 0 Å². The lowest BCUT2D eigenvalue weighted by Gasteiger charge is -2.09. The van der Waals surface area contributed by atoms with E-state index in [1.165, 1.54) is 0 Å². The summed E-state index contributed by atoms with van der Waals surface area (Å²) in [7, 11) is 0. The number of benzene rings is 1. The standard InChI is InChI=1S/C11H16N2O.CH2O2/c1-7-3-4-9(10(14)5-6-12)11(13)8(7)2;2-1-3/h3-4H,5-6,12-13H2,1-2H3;1H,(H,2,3). The first-order valence-electron chi connectivity index (χ1n) is 5.16. The van der Waals surface area contributed by atoms with E-state index in [0.29, 0.717) is 24.2 Å². The second-order valence-corrected chi connectivity index (χ2v) is 3.54. The number of carboxylic acid groups (broad SMARTS) is 1. The average Bonchev–Trinajstić information content (AvgIpc) is 2.27. The highest BCUT2D eigenvalue weighted by atomic mass is 16.3. The van der Waals surface area contributed by atoms with Crippen LogP contribution in [0.2, 0.25) is 0 Å². The Morgan fingerprint density at radius 2 is 1.94 bits per heavy atom. The second-order valence-electron chi connectivity index (χ2n) is 3.54. The number of nitrogens with two attached hydrogens (primary N) is 2. The molecule has 0 aromatic heterocycles. The van der Waals surface area contributed by atoms with Gasteiger partial charge in [-0.2, -0.15) is 0 Å². The monoisotopic (exact) mass is 238 g/mol. The zero-order chi connectivity index (χ0) is 13.4. The molecule has 0 aliphatic heterocycles. The summed E-state index contributed by atoms with van der Waals surface area (Å²) in [5.41, 5.74) is 14.4. The number of rotatable bonds is 3. The quantitative estimate of drug-likeness (QED) is 0.415. The lowest BCUT2D eigenvalue weighted by atomic mass is 9.99. The molecule has 5 heteroatoms. The summed E-state index contributed by atoms with van der Waals surface area (Å²) < 4.78 is 0. The molecule has 0 radical (unpaired) electrons. The van der Waals surface area contributed by atoms with Gasteiger partial charge in [0.2, 0.25) is 0 Å². The fourth-order valence-corrected chi connectivity index (χ4v) is 1.35. The summed E-state index contributed by atoms with van der Waals surface area (Å²) in [6, 6.07) is 3.69. The van der Waals surface area contributed by atoms with Crippen molar-refractivity contribution in [2.75, 3.05) is 12.3 Å². The van der Waals surface area contributed by atoms with Crippen LogP contribution in [-0.2, 0) is 4.79 Å². The third-order valence-electron chi connectivity index (χ3n) is 2.46. The SMILES string of the molecule is Cc1ccc(C(=O)CCN)c(N)c1C.O=CO. The van der Waals surface area contributed by atoms with Crippen molar-refractivity contribution in [1.82, 2.24) is 0 Å². The van der Waals surface area contributed by atoms with E-state index in [1.807, 2.05) is 19.9 Å². The molecular formula is C12H18N2O3. The molecule has 0 bridgehead atoms. The normalized spacial score (nSPS) is 9.12. The molecule has 0 fully saturated rings. The van der Waals surface area contributed by atoms with E-state index in [0.717, 1.165) is 11.1 Å². The Bertz CT molecular complexity index is 403. The molecule has 17 heavy (non-hydrogen) atoms. The molecule has 0 atom stereocenters. The van der Waals surface area contributed by atoms with Gasteiger partial charge in [-0.1, -0.05) is 6.07 Å². The molecule has 0 unspecified atom stereocenters. The number of ketones is 1. The van der Waals surface area contributed by atoms with Gasteiger partial charge in [0.15, 0.2) is 5.78 Å². The van der Waals surface area contributed by atoms with Gasteiger partial charge in [-0.05, 0) is 37.6 Å². The third-order valence-corrected chi connectivity index (χ3v) is 2.46. The van der Waals surface area contributed by atoms with Gasteiger partial charge >= 0.3 is 0 Å². The number of nitrogen functional groups attached to an aromatic ring is 1. The molecule has 0 aliphatic carbocycles. The first-order chi connectivity index (χ1) is 7.99. The highest BCUT2D eigenvalue weighted by Crippen LogP contribution is 2.21. The lowest BCUT2D eigenvalue weighted by molar-refractivity contribution is -0.122. The summed E-state index contributed by atoms with van der Waals surface area (Å²) in [5.74, 6) is 0.0214. The van der Waals surface area contributed by atoms with Crippen molar-refractivity contribution >= 4 is 17.9 Å². The van der Waals surface area contributed by atoms with Crippen molar-refractivity contribution in [1.29, 1.82) is 0 Å². The Morgan fingerprint density at radius 1 is 1.41 bits per heavy atom. The fraction of sp³-hybridized carbons (Fsp3) is 0.333. The number of carbonyl (C=O) groups excluding carboxylic acids is 1. The molecule has 94 valence electrons. The van der Waals surface area contributed by atoms with E-state index < -0.39 is 0 Å². The van der Waals surface area contributed by atoms with Gasteiger partial charge in [0, 0.05) is 17.7 Å². The van der Waals surface area contributed by atoms with Crippen LogP contribution < -0.4 is 11.5 Å². The van der Waals surface area contributed by atoms with Crippen LogP contribution in [0.1, 0.15) is 27.9 Å². The molecule has 0 saturated heterocycles. The van der Waals surface area contributed by atoms with Crippen molar-refractivity contribution in [3.05, 3.63) is 28.8 Å².